The summed E-state index contributed by atoms with van der Waals surface area (Å²) in [5, 5.41) is 2.69. The molecule has 17 heavy (non-hydrogen) atoms. The average Bonchev–Trinajstić information content (AvgIpc) is 2.82. The fourth-order valence-corrected chi connectivity index (χ4v) is 1.32. The third kappa shape index (κ3) is 3.04. The molecular formula is C13H12N2O2. The van der Waals surface area contributed by atoms with Gasteiger partial charge in [-0.3, -0.25) is 4.79 Å². The van der Waals surface area contributed by atoms with Gasteiger partial charge in [0, 0.05) is 12.3 Å². The van der Waals surface area contributed by atoms with Crippen LogP contribution in [0.4, 0.5) is 5.82 Å². The Kier molecular flexibility index (Phi) is 3.35. The number of nitrogens with zero attached hydrogens (tertiary/aromatic N) is 1. The molecule has 0 aliphatic rings. The SMILES string of the molecule is Cc1cccnc1NC(=O)C=Cc1ccco1. The molecule has 4 nitrogen and oxygen atoms in total. The third-order valence-corrected chi connectivity index (χ3v) is 2.19. The van der Waals surface area contributed by atoms with E-state index in [1.165, 1.54) is 6.08 Å². The van der Waals surface area contributed by atoms with E-state index in [0.29, 0.717) is 11.6 Å². The molecule has 0 fully saturated rings. The molecule has 0 spiro atoms. The summed E-state index contributed by atoms with van der Waals surface area (Å²) >= 11 is 0. The van der Waals surface area contributed by atoms with Gasteiger partial charge in [-0.25, -0.2) is 4.98 Å². The van der Waals surface area contributed by atoms with E-state index in [4.69, 9.17) is 4.42 Å². The van der Waals surface area contributed by atoms with Crippen molar-refractivity contribution in [1.29, 1.82) is 0 Å². The Labute approximate surface area is 99.0 Å². The molecule has 0 aliphatic carbocycles. The highest BCUT2D eigenvalue weighted by Gasteiger charge is 2.01. The number of carbonyl (C=O) groups is 1. The maximum absolute atomic E-state index is 11.6. The van der Waals surface area contributed by atoms with Crippen molar-refractivity contribution in [3.8, 4) is 0 Å². The van der Waals surface area contributed by atoms with E-state index >= 15 is 0 Å². The number of nitrogens with one attached hydrogen (secondary N) is 1. The van der Waals surface area contributed by atoms with Crippen LogP contribution in [0.5, 0.6) is 0 Å². The molecule has 2 aromatic heterocycles. The van der Waals surface area contributed by atoms with Crippen LogP contribution < -0.4 is 5.32 Å². The van der Waals surface area contributed by atoms with Crippen molar-refractivity contribution < 1.29 is 9.21 Å². The highest BCUT2D eigenvalue weighted by atomic mass is 16.3. The van der Waals surface area contributed by atoms with Gasteiger partial charge >= 0.3 is 0 Å². The Morgan fingerprint density at radius 2 is 2.29 bits per heavy atom. The Morgan fingerprint density at radius 1 is 1.41 bits per heavy atom. The molecule has 2 rings (SSSR count). The Bertz CT molecular complexity index is 530. The van der Waals surface area contributed by atoms with Crippen LogP contribution in [-0.2, 0) is 4.79 Å². The standard InChI is InChI=1S/C13H12N2O2/c1-10-4-2-8-14-13(10)15-12(16)7-6-11-5-3-9-17-11/h2-9H,1H3,(H,14,15,16). The molecule has 0 saturated carbocycles. The van der Waals surface area contributed by atoms with Gasteiger partial charge in [-0.2, -0.15) is 0 Å². The summed E-state index contributed by atoms with van der Waals surface area (Å²) in [6.07, 6.45) is 6.21. The number of furan rings is 1. The Morgan fingerprint density at radius 3 is 3.00 bits per heavy atom. The lowest BCUT2D eigenvalue weighted by atomic mass is 10.3. The lowest BCUT2D eigenvalue weighted by Crippen LogP contribution is -2.10. The molecule has 86 valence electrons. The van der Waals surface area contributed by atoms with Crippen LogP contribution in [0.2, 0.25) is 0 Å². The fraction of sp³-hybridized carbons (Fsp3) is 0.0769. The normalized spacial score (nSPS) is 10.6. The smallest absolute Gasteiger partial charge is 0.249 e. The first-order valence-electron chi connectivity index (χ1n) is 5.20. The first kappa shape index (κ1) is 11.1. The van der Waals surface area contributed by atoms with Gasteiger partial charge in [0.2, 0.25) is 5.91 Å². The van der Waals surface area contributed by atoms with Gasteiger partial charge < -0.3 is 9.73 Å². The molecule has 0 aliphatic heterocycles. The van der Waals surface area contributed by atoms with Gasteiger partial charge in [0.1, 0.15) is 11.6 Å². The average molecular weight is 228 g/mol. The predicted octanol–water partition coefficient (Wildman–Crippen LogP) is 2.63. The number of aryl methyl sites for hydroxylation is 1. The first-order valence-corrected chi connectivity index (χ1v) is 5.20. The maximum Gasteiger partial charge on any atom is 0.249 e. The van der Waals surface area contributed by atoms with Crippen LogP contribution in [0, 0.1) is 6.92 Å². The zero-order valence-electron chi connectivity index (χ0n) is 9.38. The monoisotopic (exact) mass is 228 g/mol. The van der Waals surface area contributed by atoms with Gasteiger partial charge in [-0.05, 0) is 36.8 Å². The second kappa shape index (κ2) is 5.12. The number of amides is 1. The summed E-state index contributed by atoms with van der Waals surface area (Å²) in [6.45, 7) is 1.89. The number of carbonyl (C=O) groups excluding carboxylic acids is 1. The zero-order valence-corrected chi connectivity index (χ0v) is 9.38. The number of hydrogen-bond acceptors (Lipinski definition) is 3. The minimum Gasteiger partial charge on any atom is -0.465 e. The highest BCUT2D eigenvalue weighted by molar-refractivity contribution is 6.01. The number of anilines is 1. The van der Waals surface area contributed by atoms with Crippen molar-refractivity contribution in [3.63, 3.8) is 0 Å². The Hall–Kier alpha value is -2.36. The second-order valence-corrected chi connectivity index (χ2v) is 3.51. The summed E-state index contributed by atoms with van der Waals surface area (Å²) in [4.78, 5) is 15.7. The number of pyridine rings is 1. The van der Waals surface area contributed by atoms with E-state index in [2.05, 4.69) is 10.3 Å². The van der Waals surface area contributed by atoms with Gasteiger partial charge in [0.05, 0.1) is 6.26 Å². The van der Waals surface area contributed by atoms with E-state index in [0.717, 1.165) is 5.56 Å². The fourth-order valence-electron chi connectivity index (χ4n) is 1.32. The van der Waals surface area contributed by atoms with Crippen LogP contribution in [0.1, 0.15) is 11.3 Å². The van der Waals surface area contributed by atoms with Gasteiger partial charge in [-0.1, -0.05) is 6.07 Å². The van der Waals surface area contributed by atoms with Crippen molar-refractivity contribution in [2.24, 2.45) is 0 Å². The van der Waals surface area contributed by atoms with E-state index in [1.807, 2.05) is 19.1 Å². The minimum absolute atomic E-state index is 0.233. The summed E-state index contributed by atoms with van der Waals surface area (Å²) in [7, 11) is 0. The Balaban J connectivity index is 2.01. The van der Waals surface area contributed by atoms with Crippen molar-refractivity contribution in [2.45, 2.75) is 6.92 Å². The maximum atomic E-state index is 11.6. The molecule has 0 saturated heterocycles. The quantitative estimate of drug-likeness (QED) is 0.821. The molecule has 1 amide bonds. The van der Waals surface area contributed by atoms with Crippen molar-refractivity contribution in [1.82, 2.24) is 4.98 Å². The highest BCUT2D eigenvalue weighted by Crippen LogP contribution is 2.09. The number of aromatic nitrogens is 1. The van der Waals surface area contributed by atoms with E-state index < -0.39 is 0 Å². The van der Waals surface area contributed by atoms with Crippen LogP contribution in [0.3, 0.4) is 0 Å². The molecule has 1 N–H and O–H groups in total. The number of hydrogen-bond donors (Lipinski definition) is 1. The molecule has 0 atom stereocenters. The lowest BCUT2D eigenvalue weighted by Gasteiger charge is -2.03. The molecule has 0 radical (unpaired) electrons. The minimum atomic E-state index is -0.233. The van der Waals surface area contributed by atoms with Crippen molar-refractivity contribution >= 4 is 17.8 Å². The summed E-state index contributed by atoms with van der Waals surface area (Å²) in [6, 6.07) is 7.25. The first-order chi connectivity index (χ1) is 8.25. The van der Waals surface area contributed by atoms with E-state index in [-0.39, 0.29) is 5.91 Å². The summed E-state index contributed by atoms with van der Waals surface area (Å²) in [5.41, 5.74) is 0.923. The van der Waals surface area contributed by atoms with Crippen LogP contribution in [-0.4, -0.2) is 10.9 Å². The van der Waals surface area contributed by atoms with Crippen LogP contribution >= 0.6 is 0 Å². The second-order valence-electron chi connectivity index (χ2n) is 3.51. The summed E-state index contributed by atoms with van der Waals surface area (Å²) in [5.74, 6) is 0.975. The van der Waals surface area contributed by atoms with E-state index in [1.54, 1.807) is 30.7 Å². The molecule has 4 heteroatoms. The lowest BCUT2D eigenvalue weighted by molar-refractivity contribution is -0.111. The molecule has 0 bridgehead atoms. The molecule has 2 heterocycles. The van der Waals surface area contributed by atoms with Crippen molar-refractivity contribution in [2.75, 3.05) is 5.32 Å². The van der Waals surface area contributed by atoms with Crippen LogP contribution in [0.15, 0.2) is 47.2 Å². The van der Waals surface area contributed by atoms with Crippen LogP contribution in [0.25, 0.3) is 6.08 Å². The largest absolute Gasteiger partial charge is 0.465 e. The summed E-state index contributed by atoms with van der Waals surface area (Å²) < 4.78 is 5.08. The number of rotatable bonds is 3. The van der Waals surface area contributed by atoms with Gasteiger partial charge in [0.15, 0.2) is 0 Å². The van der Waals surface area contributed by atoms with Gasteiger partial charge in [-0.15, -0.1) is 0 Å². The molecule has 0 aromatic carbocycles. The van der Waals surface area contributed by atoms with Crippen molar-refractivity contribution in [3.05, 3.63) is 54.1 Å². The predicted molar refractivity (Wildman–Crippen MR) is 65.3 cm³/mol. The molecule has 2 aromatic rings. The molecular weight excluding hydrogens is 216 g/mol. The van der Waals surface area contributed by atoms with E-state index in [9.17, 15) is 4.79 Å². The topological polar surface area (TPSA) is 55.1 Å². The van der Waals surface area contributed by atoms with Gasteiger partial charge in [0.25, 0.3) is 0 Å². The molecule has 0 unspecified atom stereocenters. The third-order valence-electron chi connectivity index (χ3n) is 2.19. The zero-order chi connectivity index (χ0) is 12.1.